The summed E-state index contributed by atoms with van der Waals surface area (Å²) in [6.07, 6.45) is 5.87. The van der Waals surface area contributed by atoms with E-state index in [9.17, 15) is 13.6 Å². The van der Waals surface area contributed by atoms with E-state index in [-0.39, 0.29) is 41.9 Å². The summed E-state index contributed by atoms with van der Waals surface area (Å²) in [6.45, 7) is 2.26. The number of fused-ring (bicyclic) bond motifs is 1. The van der Waals surface area contributed by atoms with Crippen LogP contribution in [0.1, 0.15) is 31.7 Å². The first-order chi connectivity index (χ1) is 12.5. The van der Waals surface area contributed by atoms with Gasteiger partial charge in [-0.1, -0.05) is 62.2 Å². The average Bonchev–Trinajstić information content (AvgIpc) is 2.63. The molecule has 1 aliphatic rings. The summed E-state index contributed by atoms with van der Waals surface area (Å²) in [5, 5.41) is 13.5. The van der Waals surface area contributed by atoms with Crippen molar-refractivity contribution >= 4 is 56.1 Å². The van der Waals surface area contributed by atoms with Crippen molar-refractivity contribution in [2.45, 2.75) is 26.2 Å². The van der Waals surface area contributed by atoms with Crippen LogP contribution < -0.4 is 4.72 Å². The number of hydroxylamine groups is 2. The summed E-state index contributed by atoms with van der Waals surface area (Å²) >= 11 is 0. The van der Waals surface area contributed by atoms with Gasteiger partial charge in [-0.3, -0.25) is 15.0 Å². The zero-order valence-corrected chi connectivity index (χ0v) is 15.7. The van der Waals surface area contributed by atoms with Gasteiger partial charge in [-0.15, -0.1) is 0 Å². The van der Waals surface area contributed by atoms with Crippen LogP contribution in [0.4, 0.5) is 0 Å². The van der Waals surface area contributed by atoms with Crippen LogP contribution in [-0.4, -0.2) is 60.5 Å². The van der Waals surface area contributed by atoms with Gasteiger partial charge in [0.1, 0.15) is 0 Å². The van der Waals surface area contributed by atoms with Gasteiger partial charge in [-0.2, -0.15) is 0 Å². The van der Waals surface area contributed by atoms with Gasteiger partial charge < -0.3 is 0 Å². The number of rotatable bonds is 7. The van der Waals surface area contributed by atoms with Crippen LogP contribution in [-0.2, 0) is 10.0 Å². The molecule has 0 bridgehead atoms. The fourth-order valence-electron chi connectivity index (χ4n) is 3.07. The van der Waals surface area contributed by atoms with Crippen molar-refractivity contribution in [3.63, 3.8) is 0 Å². The van der Waals surface area contributed by atoms with E-state index in [2.05, 4.69) is 4.72 Å². The fourth-order valence-corrected chi connectivity index (χ4v) is 4.26. The Balaban J connectivity index is 0.00000261. The van der Waals surface area contributed by atoms with E-state index in [0.717, 1.165) is 34.2 Å². The Kier molecular flexibility index (Phi) is 7.94. The molecule has 0 spiro atoms. The molecule has 140 valence electrons. The van der Waals surface area contributed by atoms with Crippen LogP contribution in [0.2, 0.25) is 0 Å². The molecule has 0 radical (unpaired) electrons. The van der Waals surface area contributed by atoms with Gasteiger partial charge in [0.2, 0.25) is 10.0 Å². The van der Waals surface area contributed by atoms with E-state index in [0.29, 0.717) is 17.8 Å². The average molecular weight is 396 g/mol. The first-order valence-corrected chi connectivity index (χ1v) is 10.5. The van der Waals surface area contributed by atoms with Crippen LogP contribution in [0, 0.1) is 0 Å². The number of sulfonamides is 1. The molecule has 0 fully saturated rings. The molecule has 0 saturated heterocycles. The number of nitrogens with zero attached hydrogens (tertiary/aromatic N) is 1. The molecule has 0 aromatic heterocycles. The van der Waals surface area contributed by atoms with Gasteiger partial charge in [-0.05, 0) is 29.3 Å². The van der Waals surface area contributed by atoms with E-state index in [1.807, 2.05) is 49.4 Å². The van der Waals surface area contributed by atoms with Gasteiger partial charge in [0.25, 0.3) is 0 Å². The maximum atomic E-state index is 12.3. The number of allylic oxidation sites excluding steroid dienone is 1. The number of benzene rings is 2. The molecule has 0 atom stereocenters. The first kappa shape index (κ1) is 22.0. The normalized spacial score (nSPS) is 14.4. The number of nitrogens with one attached hydrogen (secondary N) is 1. The molecule has 3 rings (SSSR count). The molecule has 0 amide bonds. The van der Waals surface area contributed by atoms with Crippen LogP contribution in [0.25, 0.3) is 16.5 Å². The minimum absolute atomic E-state index is 0. The third-order valence-electron chi connectivity index (χ3n) is 4.41. The summed E-state index contributed by atoms with van der Waals surface area (Å²) < 4.78 is 27.1. The van der Waals surface area contributed by atoms with Crippen molar-refractivity contribution < 1.29 is 13.6 Å². The Morgan fingerprint density at radius 3 is 2.63 bits per heavy atom. The molecule has 1 heterocycles. The molecule has 0 aliphatic carbocycles. The van der Waals surface area contributed by atoms with Gasteiger partial charge in [-0.25, -0.2) is 8.42 Å². The summed E-state index contributed by atoms with van der Waals surface area (Å²) in [6, 6.07) is 13.8. The SMILES string of the molecule is CCCCCS(=O)(=O)NC1=CCN(O)C(c2cccc3ccccc23)=C1.[NaH]. The molecule has 2 aromatic carbocycles. The Labute approximate surface area is 183 Å². The van der Waals surface area contributed by atoms with Crippen molar-refractivity contribution in [3.8, 4) is 0 Å². The van der Waals surface area contributed by atoms with E-state index in [1.165, 1.54) is 0 Å². The minimum atomic E-state index is -3.38. The Morgan fingerprint density at radius 2 is 1.85 bits per heavy atom. The van der Waals surface area contributed by atoms with Crippen molar-refractivity contribution in [1.29, 1.82) is 0 Å². The molecular weight excluding hydrogens is 371 g/mol. The first-order valence-electron chi connectivity index (χ1n) is 8.87. The van der Waals surface area contributed by atoms with Gasteiger partial charge >= 0.3 is 29.6 Å². The Morgan fingerprint density at radius 1 is 1.11 bits per heavy atom. The zero-order chi connectivity index (χ0) is 18.6. The van der Waals surface area contributed by atoms with Crippen LogP contribution in [0.15, 0.2) is 60.3 Å². The number of unbranched alkanes of at least 4 members (excludes halogenated alkanes) is 2. The monoisotopic (exact) mass is 396 g/mol. The quantitative estimate of drug-likeness (QED) is 0.557. The molecule has 1 aliphatic heterocycles. The molecule has 0 unspecified atom stereocenters. The summed E-state index contributed by atoms with van der Waals surface area (Å²) in [7, 11) is -3.38. The molecule has 0 saturated carbocycles. The third kappa shape index (κ3) is 5.59. The van der Waals surface area contributed by atoms with Crippen molar-refractivity contribution in [3.05, 3.63) is 65.9 Å². The fraction of sp³-hybridized carbons (Fsp3) is 0.300. The molecule has 2 aromatic rings. The van der Waals surface area contributed by atoms with Crippen LogP contribution in [0.5, 0.6) is 0 Å². The number of hydrogen-bond donors (Lipinski definition) is 2. The van der Waals surface area contributed by atoms with Crippen LogP contribution in [0.3, 0.4) is 0 Å². The second-order valence-corrected chi connectivity index (χ2v) is 8.27. The van der Waals surface area contributed by atoms with E-state index in [1.54, 1.807) is 12.2 Å². The standard InChI is InChI=1S/C20H24N2O3S.Na.H/c1-2-3-6-14-26(24,25)21-17-12-13-22(23)20(15-17)19-11-7-9-16-8-4-5-10-18(16)19;;/h4-5,7-12,15,21,23H,2-3,6,13-14H2,1H3;;. The van der Waals surface area contributed by atoms with Crippen LogP contribution >= 0.6 is 0 Å². The molecule has 2 N–H and O–H groups in total. The predicted octanol–water partition coefficient (Wildman–Crippen LogP) is 3.23. The zero-order valence-electron chi connectivity index (χ0n) is 14.9. The van der Waals surface area contributed by atoms with Crippen molar-refractivity contribution in [1.82, 2.24) is 9.79 Å². The van der Waals surface area contributed by atoms with Crippen molar-refractivity contribution in [2.75, 3.05) is 12.3 Å². The van der Waals surface area contributed by atoms with Crippen molar-refractivity contribution in [2.24, 2.45) is 0 Å². The van der Waals surface area contributed by atoms with Gasteiger partial charge in [0.05, 0.1) is 18.0 Å². The second-order valence-electron chi connectivity index (χ2n) is 6.43. The molecule has 27 heavy (non-hydrogen) atoms. The second kappa shape index (κ2) is 9.75. The molecular formula is C20H25N2NaO3S. The van der Waals surface area contributed by atoms with Gasteiger partial charge in [0, 0.05) is 11.3 Å². The summed E-state index contributed by atoms with van der Waals surface area (Å²) in [4.78, 5) is 0. The Bertz CT molecular complexity index is 949. The van der Waals surface area contributed by atoms with Gasteiger partial charge in [0.15, 0.2) is 0 Å². The van der Waals surface area contributed by atoms with E-state index < -0.39 is 10.0 Å². The summed E-state index contributed by atoms with van der Waals surface area (Å²) in [5.41, 5.74) is 1.94. The third-order valence-corrected chi connectivity index (χ3v) is 5.78. The Hall–Kier alpha value is -1.31. The number of hydrogen-bond acceptors (Lipinski definition) is 4. The summed E-state index contributed by atoms with van der Waals surface area (Å²) in [5.74, 6) is 0.110. The predicted molar refractivity (Wildman–Crippen MR) is 112 cm³/mol. The maximum absolute atomic E-state index is 12.3. The van der Waals surface area contributed by atoms with E-state index in [4.69, 9.17) is 0 Å². The topological polar surface area (TPSA) is 69.6 Å². The molecule has 7 heteroatoms. The molecule has 5 nitrogen and oxygen atoms in total. The van der Waals surface area contributed by atoms with E-state index >= 15 is 0 Å².